The summed E-state index contributed by atoms with van der Waals surface area (Å²) in [6.07, 6.45) is 1.20. The largest absolute Gasteiger partial charge is 0.372 e. The highest BCUT2D eigenvalue weighted by Crippen LogP contribution is 2.28. The lowest BCUT2D eigenvalue weighted by Crippen LogP contribution is -2.31. The SMILES string of the molecule is CCc1ccc2c(c1)[C@H](N)[C@@H](C)OC2.Cl. The Labute approximate surface area is 97.2 Å². The van der Waals surface area contributed by atoms with Gasteiger partial charge >= 0.3 is 0 Å². The minimum Gasteiger partial charge on any atom is -0.372 e. The summed E-state index contributed by atoms with van der Waals surface area (Å²) in [5, 5.41) is 0. The van der Waals surface area contributed by atoms with Crippen LogP contribution in [0.4, 0.5) is 0 Å². The van der Waals surface area contributed by atoms with Crippen LogP contribution in [0, 0.1) is 0 Å². The van der Waals surface area contributed by atoms with Crippen molar-refractivity contribution in [2.75, 3.05) is 0 Å². The lowest BCUT2D eigenvalue weighted by atomic mass is 9.93. The zero-order chi connectivity index (χ0) is 10.1. The van der Waals surface area contributed by atoms with Crippen LogP contribution in [-0.4, -0.2) is 6.10 Å². The molecule has 0 spiro atoms. The topological polar surface area (TPSA) is 35.2 Å². The summed E-state index contributed by atoms with van der Waals surface area (Å²) in [5.41, 5.74) is 9.95. The summed E-state index contributed by atoms with van der Waals surface area (Å²) in [7, 11) is 0. The summed E-state index contributed by atoms with van der Waals surface area (Å²) in [4.78, 5) is 0. The van der Waals surface area contributed by atoms with Gasteiger partial charge < -0.3 is 10.5 Å². The van der Waals surface area contributed by atoms with Crippen LogP contribution in [0.5, 0.6) is 0 Å². The van der Waals surface area contributed by atoms with E-state index in [9.17, 15) is 0 Å². The number of hydrogen-bond acceptors (Lipinski definition) is 2. The Kier molecular flexibility index (Phi) is 4.14. The number of benzene rings is 1. The molecule has 84 valence electrons. The maximum Gasteiger partial charge on any atom is 0.0744 e. The quantitative estimate of drug-likeness (QED) is 0.801. The Bertz CT molecular complexity index is 340. The molecule has 2 nitrogen and oxygen atoms in total. The fourth-order valence-electron chi connectivity index (χ4n) is 1.88. The fraction of sp³-hybridized carbons (Fsp3) is 0.500. The third-order valence-electron chi connectivity index (χ3n) is 2.99. The Morgan fingerprint density at radius 3 is 2.87 bits per heavy atom. The minimum atomic E-state index is 0. The van der Waals surface area contributed by atoms with Gasteiger partial charge in [-0.15, -0.1) is 12.4 Å². The van der Waals surface area contributed by atoms with E-state index in [4.69, 9.17) is 10.5 Å². The molecule has 1 aliphatic heterocycles. The van der Waals surface area contributed by atoms with Gasteiger partial charge in [0.25, 0.3) is 0 Å². The van der Waals surface area contributed by atoms with E-state index >= 15 is 0 Å². The normalized spacial score (nSPS) is 24.2. The van der Waals surface area contributed by atoms with Crippen LogP contribution in [0.3, 0.4) is 0 Å². The first-order chi connectivity index (χ1) is 6.72. The maximum absolute atomic E-state index is 6.09. The summed E-state index contributed by atoms with van der Waals surface area (Å²) in [5.74, 6) is 0. The molecule has 1 heterocycles. The molecular weight excluding hydrogens is 210 g/mol. The van der Waals surface area contributed by atoms with Gasteiger partial charge in [-0.3, -0.25) is 0 Å². The summed E-state index contributed by atoms with van der Waals surface area (Å²) >= 11 is 0. The zero-order valence-corrected chi connectivity index (χ0v) is 10.0. The molecule has 2 N–H and O–H groups in total. The molecule has 0 fully saturated rings. The second kappa shape index (κ2) is 4.97. The maximum atomic E-state index is 6.09. The minimum absolute atomic E-state index is 0. The number of hydrogen-bond donors (Lipinski definition) is 1. The highest BCUT2D eigenvalue weighted by atomic mass is 35.5. The standard InChI is InChI=1S/C12H17NO.ClH/c1-3-9-4-5-10-7-14-8(2)12(13)11(10)6-9;/h4-6,8,12H,3,7,13H2,1-2H3;1H/t8-,12-;/m1./s1. The highest BCUT2D eigenvalue weighted by molar-refractivity contribution is 5.85. The average Bonchev–Trinajstić information content (AvgIpc) is 2.23. The molecule has 0 saturated carbocycles. The Morgan fingerprint density at radius 1 is 1.47 bits per heavy atom. The molecule has 3 heteroatoms. The molecule has 0 aliphatic carbocycles. The summed E-state index contributed by atoms with van der Waals surface area (Å²) in [6, 6.07) is 6.55. The lowest BCUT2D eigenvalue weighted by molar-refractivity contribution is 0.0213. The second-order valence-electron chi connectivity index (χ2n) is 3.93. The first-order valence-electron chi connectivity index (χ1n) is 5.21. The van der Waals surface area contributed by atoms with Gasteiger partial charge in [-0.05, 0) is 30.0 Å². The Hall–Kier alpha value is -0.570. The average molecular weight is 228 g/mol. The molecule has 0 unspecified atom stereocenters. The van der Waals surface area contributed by atoms with E-state index in [2.05, 4.69) is 25.1 Å². The fourth-order valence-corrected chi connectivity index (χ4v) is 1.88. The van der Waals surface area contributed by atoms with Crippen molar-refractivity contribution in [1.29, 1.82) is 0 Å². The first-order valence-corrected chi connectivity index (χ1v) is 5.21. The lowest BCUT2D eigenvalue weighted by Gasteiger charge is -2.29. The smallest absolute Gasteiger partial charge is 0.0744 e. The molecule has 0 amide bonds. The van der Waals surface area contributed by atoms with Gasteiger partial charge in [0, 0.05) is 0 Å². The third kappa shape index (κ3) is 2.33. The number of aryl methyl sites for hydroxylation is 1. The van der Waals surface area contributed by atoms with Crippen LogP contribution >= 0.6 is 12.4 Å². The van der Waals surface area contributed by atoms with Crippen molar-refractivity contribution in [2.24, 2.45) is 5.73 Å². The van der Waals surface area contributed by atoms with Crippen LogP contribution < -0.4 is 5.73 Å². The van der Waals surface area contributed by atoms with Crippen molar-refractivity contribution in [3.8, 4) is 0 Å². The molecule has 1 aliphatic rings. The number of halogens is 1. The molecule has 15 heavy (non-hydrogen) atoms. The number of rotatable bonds is 1. The zero-order valence-electron chi connectivity index (χ0n) is 9.19. The van der Waals surface area contributed by atoms with E-state index in [1.165, 1.54) is 16.7 Å². The van der Waals surface area contributed by atoms with Crippen molar-refractivity contribution in [3.05, 3.63) is 34.9 Å². The van der Waals surface area contributed by atoms with E-state index in [-0.39, 0.29) is 24.6 Å². The van der Waals surface area contributed by atoms with Crippen molar-refractivity contribution >= 4 is 12.4 Å². The van der Waals surface area contributed by atoms with E-state index in [1.54, 1.807) is 0 Å². The van der Waals surface area contributed by atoms with E-state index < -0.39 is 0 Å². The molecule has 0 radical (unpaired) electrons. The predicted molar refractivity (Wildman–Crippen MR) is 64.2 cm³/mol. The Balaban J connectivity index is 0.00000112. The van der Waals surface area contributed by atoms with Crippen LogP contribution in [0.15, 0.2) is 18.2 Å². The van der Waals surface area contributed by atoms with Gasteiger partial charge in [-0.1, -0.05) is 25.1 Å². The molecule has 1 aromatic carbocycles. The van der Waals surface area contributed by atoms with E-state index in [1.807, 2.05) is 6.92 Å². The molecular formula is C12H18ClNO. The summed E-state index contributed by atoms with van der Waals surface area (Å²) < 4.78 is 5.57. The number of fused-ring (bicyclic) bond motifs is 1. The van der Waals surface area contributed by atoms with Gasteiger partial charge in [-0.2, -0.15) is 0 Å². The molecule has 2 atom stereocenters. The van der Waals surface area contributed by atoms with Crippen molar-refractivity contribution in [1.82, 2.24) is 0 Å². The second-order valence-corrected chi connectivity index (χ2v) is 3.93. The van der Waals surface area contributed by atoms with Crippen LogP contribution in [0.2, 0.25) is 0 Å². The highest BCUT2D eigenvalue weighted by Gasteiger charge is 2.23. The van der Waals surface area contributed by atoms with E-state index in [0.717, 1.165) is 6.42 Å². The van der Waals surface area contributed by atoms with Crippen LogP contribution in [-0.2, 0) is 17.8 Å². The van der Waals surface area contributed by atoms with Crippen molar-refractivity contribution < 1.29 is 4.74 Å². The van der Waals surface area contributed by atoms with Gasteiger partial charge in [-0.25, -0.2) is 0 Å². The van der Waals surface area contributed by atoms with Gasteiger partial charge in [0.05, 0.1) is 18.8 Å². The monoisotopic (exact) mass is 227 g/mol. The molecule has 0 aromatic heterocycles. The first kappa shape index (κ1) is 12.5. The van der Waals surface area contributed by atoms with Gasteiger partial charge in [0.2, 0.25) is 0 Å². The Morgan fingerprint density at radius 2 is 2.20 bits per heavy atom. The molecule has 0 saturated heterocycles. The number of ether oxygens (including phenoxy) is 1. The van der Waals surface area contributed by atoms with Gasteiger partial charge in [0.15, 0.2) is 0 Å². The number of nitrogens with two attached hydrogens (primary N) is 1. The third-order valence-corrected chi connectivity index (χ3v) is 2.99. The van der Waals surface area contributed by atoms with Crippen LogP contribution in [0.1, 0.15) is 36.6 Å². The van der Waals surface area contributed by atoms with Crippen molar-refractivity contribution in [3.63, 3.8) is 0 Å². The molecule has 0 bridgehead atoms. The van der Waals surface area contributed by atoms with Crippen molar-refractivity contribution in [2.45, 2.75) is 39.0 Å². The molecule has 1 aromatic rings. The summed E-state index contributed by atoms with van der Waals surface area (Å²) in [6.45, 7) is 4.90. The molecule has 2 rings (SSSR count). The predicted octanol–water partition coefficient (Wildman–Crippen LogP) is 2.59. The van der Waals surface area contributed by atoms with Gasteiger partial charge in [0.1, 0.15) is 0 Å². The van der Waals surface area contributed by atoms with Crippen LogP contribution in [0.25, 0.3) is 0 Å². The van der Waals surface area contributed by atoms with E-state index in [0.29, 0.717) is 6.61 Å².